The molecule has 3 rings (SSSR count). The smallest absolute Gasteiger partial charge is 0.238 e. The van der Waals surface area contributed by atoms with Gasteiger partial charge in [-0.25, -0.2) is 0 Å². The van der Waals surface area contributed by atoms with Gasteiger partial charge in [0.25, 0.3) is 0 Å². The minimum Gasteiger partial charge on any atom is -0.326 e. The zero-order valence-corrected chi connectivity index (χ0v) is 17.0. The number of amides is 2. The zero-order valence-electron chi connectivity index (χ0n) is 15.4. The number of benzene rings is 2. The molecule has 0 aliphatic carbocycles. The molecule has 0 unspecified atom stereocenters. The number of hydrogen-bond donors (Lipinski definition) is 2. The normalized spacial score (nSPS) is 17.3. The molecule has 2 aromatic carbocycles. The fourth-order valence-electron chi connectivity index (χ4n) is 3.31. The molecule has 0 aromatic heterocycles. The molecule has 0 saturated carbocycles. The third-order valence-corrected chi connectivity index (χ3v) is 5.62. The summed E-state index contributed by atoms with van der Waals surface area (Å²) in [4.78, 5) is 27.0. The van der Waals surface area contributed by atoms with Crippen LogP contribution in [0.2, 0.25) is 0 Å². The summed E-state index contributed by atoms with van der Waals surface area (Å²) in [6.45, 7) is 3.72. The third-order valence-electron chi connectivity index (χ3n) is 4.73. The molecular formula is C21H24BrN3O2. The maximum Gasteiger partial charge on any atom is 0.238 e. The van der Waals surface area contributed by atoms with Crippen molar-refractivity contribution >= 4 is 39.1 Å². The average Bonchev–Trinajstić information content (AvgIpc) is 2.66. The fraction of sp³-hybridized carbons (Fsp3) is 0.333. The Bertz CT molecular complexity index is 810. The van der Waals surface area contributed by atoms with Crippen molar-refractivity contribution in [2.75, 3.05) is 30.3 Å². The van der Waals surface area contributed by atoms with Crippen molar-refractivity contribution in [3.8, 4) is 0 Å². The summed E-state index contributed by atoms with van der Waals surface area (Å²) in [5.74, 6) is -0.127. The lowest BCUT2D eigenvalue weighted by Gasteiger charge is -2.31. The van der Waals surface area contributed by atoms with E-state index in [1.165, 1.54) is 0 Å². The Morgan fingerprint density at radius 3 is 2.63 bits per heavy atom. The van der Waals surface area contributed by atoms with Crippen LogP contribution in [-0.4, -0.2) is 36.3 Å². The van der Waals surface area contributed by atoms with Crippen molar-refractivity contribution in [1.29, 1.82) is 0 Å². The minimum atomic E-state index is -0.0957. The van der Waals surface area contributed by atoms with Crippen LogP contribution in [0.3, 0.4) is 0 Å². The lowest BCUT2D eigenvalue weighted by atomic mass is 9.97. The molecule has 5 nitrogen and oxygen atoms in total. The van der Waals surface area contributed by atoms with Crippen LogP contribution in [0.15, 0.2) is 53.0 Å². The number of para-hydroxylation sites is 1. The standard InChI is InChI=1S/C21H24BrN3O2/c1-15-12-18(9-10-19(15)22)23-20(26)14-25-11-5-6-16(13-25)21(27)24-17-7-3-2-4-8-17/h2-4,7-10,12,16H,5-6,11,13-14H2,1H3,(H,23,26)(H,24,27)/t16-/m1/s1. The fourth-order valence-corrected chi connectivity index (χ4v) is 3.55. The summed E-state index contributed by atoms with van der Waals surface area (Å²) >= 11 is 3.46. The molecule has 6 heteroatoms. The minimum absolute atomic E-state index is 0.0230. The van der Waals surface area contributed by atoms with Gasteiger partial charge in [-0.3, -0.25) is 14.5 Å². The summed E-state index contributed by atoms with van der Waals surface area (Å²) < 4.78 is 1.02. The molecule has 27 heavy (non-hydrogen) atoms. The van der Waals surface area contributed by atoms with Gasteiger partial charge in [0, 0.05) is 22.4 Å². The van der Waals surface area contributed by atoms with Gasteiger partial charge in [-0.1, -0.05) is 34.1 Å². The van der Waals surface area contributed by atoms with Crippen LogP contribution < -0.4 is 10.6 Å². The molecule has 2 aromatic rings. The number of piperidine rings is 1. The Balaban J connectivity index is 1.52. The number of halogens is 1. The average molecular weight is 430 g/mol. The second kappa shape index (κ2) is 9.15. The number of rotatable bonds is 5. The molecule has 142 valence electrons. The molecule has 1 atom stereocenters. The number of nitrogens with zero attached hydrogens (tertiary/aromatic N) is 1. The largest absolute Gasteiger partial charge is 0.326 e. The number of likely N-dealkylation sites (tertiary alicyclic amines) is 1. The topological polar surface area (TPSA) is 61.4 Å². The lowest BCUT2D eigenvalue weighted by Crippen LogP contribution is -2.43. The molecule has 1 fully saturated rings. The number of hydrogen-bond acceptors (Lipinski definition) is 3. The van der Waals surface area contributed by atoms with Crippen LogP contribution in [0.4, 0.5) is 11.4 Å². The van der Waals surface area contributed by atoms with E-state index < -0.39 is 0 Å². The van der Waals surface area contributed by atoms with E-state index in [0.717, 1.165) is 40.8 Å². The molecule has 2 N–H and O–H groups in total. The summed E-state index contributed by atoms with van der Waals surface area (Å²) in [5.41, 5.74) is 2.67. The maximum absolute atomic E-state index is 12.5. The summed E-state index contributed by atoms with van der Waals surface area (Å²) in [6, 6.07) is 15.2. The first-order chi connectivity index (χ1) is 13.0. The van der Waals surface area contributed by atoms with Gasteiger partial charge in [0.2, 0.25) is 11.8 Å². The predicted molar refractivity (Wildman–Crippen MR) is 112 cm³/mol. The zero-order chi connectivity index (χ0) is 19.2. The first-order valence-electron chi connectivity index (χ1n) is 9.15. The van der Waals surface area contributed by atoms with Gasteiger partial charge in [0.05, 0.1) is 12.5 Å². The summed E-state index contributed by atoms with van der Waals surface area (Å²) in [7, 11) is 0. The van der Waals surface area contributed by atoms with Crippen molar-refractivity contribution in [1.82, 2.24) is 4.90 Å². The van der Waals surface area contributed by atoms with Crippen LogP contribution in [0, 0.1) is 12.8 Å². The number of aryl methyl sites for hydroxylation is 1. The summed E-state index contributed by atoms with van der Waals surface area (Å²) in [5, 5.41) is 5.91. The second-order valence-corrected chi connectivity index (χ2v) is 7.80. The van der Waals surface area contributed by atoms with E-state index in [2.05, 4.69) is 31.5 Å². The molecule has 1 aliphatic heterocycles. The number of carbonyl (C=O) groups is 2. The van der Waals surface area contributed by atoms with E-state index in [4.69, 9.17) is 0 Å². The van der Waals surface area contributed by atoms with Gasteiger partial charge in [0.15, 0.2) is 0 Å². The van der Waals surface area contributed by atoms with Crippen molar-refractivity contribution in [3.63, 3.8) is 0 Å². The van der Waals surface area contributed by atoms with Gasteiger partial charge in [-0.05, 0) is 62.2 Å². The molecule has 1 saturated heterocycles. The molecule has 2 amide bonds. The van der Waals surface area contributed by atoms with Gasteiger partial charge < -0.3 is 10.6 Å². The van der Waals surface area contributed by atoms with Crippen molar-refractivity contribution in [3.05, 3.63) is 58.6 Å². The molecule has 1 aliphatic rings. The first-order valence-corrected chi connectivity index (χ1v) is 9.95. The quantitative estimate of drug-likeness (QED) is 0.753. The van der Waals surface area contributed by atoms with Crippen LogP contribution in [0.1, 0.15) is 18.4 Å². The lowest BCUT2D eigenvalue weighted by molar-refractivity contribution is -0.123. The molecule has 0 spiro atoms. The molecule has 0 bridgehead atoms. The van der Waals surface area contributed by atoms with E-state index in [-0.39, 0.29) is 17.7 Å². The Morgan fingerprint density at radius 2 is 1.89 bits per heavy atom. The van der Waals surface area contributed by atoms with E-state index in [0.29, 0.717) is 13.1 Å². The van der Waals surface area contributed by atoms with Crippen LogP contribution in [-0.2, 0) is 9.59 Å². The van der Waals surface area contributed by atoms with Crippen LogP contribution in [0.25, 0.3) is 0 Å². The number of carbonyl (C=O) groups excluding carboxylic acids is 2. The van der Waals surface area contributed by atoms with Gasteiger partial charge in [-0.2, -0.15) is 0 Å². The molecular weight excluding hydrogens is 406 g/mol. The Morgan fingerprint density at radius 1 is 1.11 bits per heavy atom. The van der Waals surface area contributed by atoms with Crippen molar-refractivity contribution < 1.29 is 9.59 Å². The summed E-state index contributed by atoms with van der Waals surface area (Å²) in [6.07, 6.45) is 1.76. The highest BCUT2D eigenvalue weighted by Gasteiger charge is 2.26. The monoisotopic (exact) mass is 429 g/mol. The first kappa shape index (κ1) is 19.6. The highest BCUT2D eigenvalue weighted by atomic mass is 79.9. The molecule has 0 radical (unpaired) electrons. The van der Waals surface area contributed by atoms with Crippen LogP contribution >= 0.6 is 15.9 Å². The molecule has 1 heterocycles. The van der Waals surface area contributed by atoms with Crippen molar-refractivity contribution in [2.45, 2.75) is 19.8 Å². The predicted octanol–water partition coefficient (Wildman–Crippen LogP) is 4.05. The van der Waals surface area contributed by atoms with Crippen molar-refractivity contribution in [2.24, 2.45) is 5.92 Å². The van der Waals surface area contributed by atoms with Gasteiger partial charge in [-0.15, -0.1) is 0 Å². The second-order valence-electron chi connectivity index (χ2n) is 6.94. The Hall–Kier alpha value is -2.18. The van der Waals surface area contributed by atoms with E-state index in [1.54, 1.807) is 0 Å². The van der Waals surface area contributed by atoms with Gasteiger partial charge >= 0.3 is 0 Å². The number of nitrogens with one attached hydrogen (secondary N) is 2. The third kappa shape index (κ3) is 5.65. The van der Waals surface area contributed by atoms with E-state index >= 15 is 0 Å². The highest BCUT2D eigenvalue weighted by molar-refractivity contribution is 9.10. The Kier molecular flexibility index (Phi) is 6.63. The van der Waals surface area contributed by atoms with Gasteiger partial charge in [0.1, 0.15) is 0 Å². The van der Waals surface area contributed by atoms with Crippen LogP contribution in [0.5, 0.6) is 0 Å². The Labute approximate surface area is 168 Å². The van der Waals surface area contributed by atoms with E-state index in [9.17, 15) is 9.59 Å². The SMILES string of the molecule is Cc1cc(NC(=O)CN2CCC[C@@H](C(=O)Nc3ccccc3)C2)ccc1Br. The van der Waals surface area contributed by atoms with E-state index in [1.807, 2.05) is 55.5 Å². The highest BCUT2D eigenvalue weighted by Crippen LogP contribution is 2.21. The number of anilines is 2. The maximum atomic E-state index is 12.5.